The summed E-state index contributed by atoms with van der Waals surface area (Å²) in [5.74, 6) is -0.157. The van der Waals surface area contributed by atoms with Gasteiger partial charge in [-0.3, -0.25) is 4.79 Å². The van der Waals surface area contributed by atoms with Crippen molar-refractivity contribution in [3.8, 4) is 0 Å². The first-order chi connectivity index (χ1) is 29.1. The first kappa shape index (κ1) is 57.6. The molecule has 0 aromatic carbocycles. The molecule has 0 fully saturated rings. The summed E-state index contributed by atoms with van der Waals surface area (Å²) in [6.07, 6.45) is 63.2. The van der Waals surface area contributed by atoms with E-state index in [0.29, 0.717) is 12.8 Å². The molecule has 5 heteroatoms. The van der Waals surface area contributed by atoms with Crippen molar-refractivity contribution in [2.75, 3.05) is 6.61 Å². The number of aliphatic hydroxyl groups is 3. The zero-order chi connectivity index (χ0) is 43.0. The third kappa shape index (κ3) is 44.4. The molecule has 0 saturated carbocycles. The number of unbranched alkanes of at least 4 members (excludes halogenated alkanes) is 34. The lowest BCUT2D eigenvalue weighted by Crippen LogP contribution is -2.50. The van der Waals surface area contributed by atoms with Crippen molar-refractivity contribution in [2.24, 2.45) is 0 Å². The molecule has 1 amide bonds. The number of aliphatic hydroxyl groups excluding tert-OH is 3. The highest BCUT2D eigenvalue weighted by molar-refractivity contribution is 5.76. The van der Waals surface area contributed by atoms with Crippen LogP contribution in [0.25, 0.3) is 0 Å². The molecule has 59 heavy (non-hydrogen) atoms. The Kier molecular flexibility index (Phi) is 48.0. The molecule has 0 aliphatic carbocycles. The SMILES string of the molecule is CCC/C=C/CC/C=C/CCCC(O)C(O)C(CO)NC(=O)CCCCCCCCCCCCCCCCCCC/C=C\CCCCCCCCCCCCCCCC. The lowest BCUT2D eigenvalue weighted by Gasteiger charge is -2.26. The van der Waals surface area contributed by atoms with Crippen LogP contribution < -0.4 is 5.32 Å². The van der Waals surface area contributed by atoms with Crippen LogP contribution >= 0.6 is 0 Å². The van der Waals surface area contributed by atoms with Crippen LogP contribution in [0.4, 0.5) is 0 Å². The topological polar surface area (TPSA) is 89.8 Å². The maximum atomic E-state index is 12.4. The second kappa shape index (κ2) is 49.2. The lowest BCUT2D eigenvalue weighted by molar-refractivity contribution is -0.124. The molecule has 0 bridgehead atoms. The molecule has 0 aromatic heterocycles. The van der Waals surface area contributed by atoms with Crippen molar-refractivity contribution < 1.29 is 20.1 Å². The van der Waals surface area contributed by atoms with Gasteiger partial charge in [0.25, 0.3) is 0 Å². The quantitative estimate of drug-likeness (QED) is 0.0363. The molecule has 0 radical (unpaired) electrons. The Balaban J connectivity index is 3.45. The van der Waals surface area contributed by atoms with Crippen LogP contribution in [0.3, 0.4) is 0 Å². The number of amides is 1. The van der Waals surface area contributed by atoms with E-state index in [4.69, 9.17) is 0 Å². The van der Waals surface area contributed by atoms with Crippen molar-refractivity contribution in [3.63, 3.8) is 0 Å². The summed E-state index contributed by atoms with van der Waals surface area (Å²) in [7, 11) is 0. The standard InChI is InChI=1S/C54H103NO4/c1-3-5-7-9-11-13-15-16-17-18-19-20-21-22-23-24-25-26-27-28-29-30-31-32-33-34-35-36-37-38-39-41-43-45-47-49-53(58)55-51(50-56)54(59)52(57)48-46-44-42-40-14-12-10-8-6-4-2/h8,10,24-25,40,42,51-52,54,56-57,59H,3-7,9,11-23,26-39,41,43-50H2,1-2H3,(H,55,58)/b10-8+,25-24-,42-40+. The summed E-state index contributed by atoms with van der Waals surface area (Å²) in [5.41, 5.74) is 0. The molecule has 348 valence electrons. The highest BCUT2D eigenvalue weighted by atomic mass is 16.3. The Morgan fingerprint density at radius 3 is 1.10 bits per heavy atom. The van der Waals surface area contributed by atoms with Gasteiger partial charge >= 0.3 is 0 Å². The average molecular weight is 830 g/mol. The largest absolute Gasteiger partial charge is 0.394 e. The maximum Gasteiger partial charge on any atom is 0.220 e. The van der Waals surface area contributed by atoms with E-state index in [0.717, 1.165) is 51.4 Å². The van der Waals surface area contributed by atoms with Gasteiger partial charge in [-0.25, -0.2) is 0 Å². The number of allylic oxidation sites excluding steroid dienone is 6. The van der Waals surface area contributed by atoms with Crippen LogP contribution in [-0.4, -0.2) is 46.1 Å². The molecule has 0 saturated heterocycles. The van der Waals surface area contributed by atoms with Crippen LogP contribution in [0.2, 0.25) is 0 Å². The summed E-state index contributed by atoms with van der Waals surface area (Å²) in [6, 6.07) is -0.830. The van der Waals surface area contributed by atoms with Gasteiger partial charge in [-0.05, 0) is 70.6 Å². The van der Waals surface area contributed by atoms with E-state index >= 15 is 0 Å². The van der Waals surface area contributed by atoms with Gasteiger partial charge < -0.3 is 20.6 Å². The number of carbonyl (C=O) groups excluding carboxylic acids is 1. The summed E-state index contributed by atoms with van der Waals surface area (Å²) < 4.78 is 0. The molecular weight excluding hydrogens is 727 g/mol. The molecule has 0 aliphatic heterocycles. The van der Waals surface area contributed by atoms with Crippen molar-refractivity contribution in [3.05, 3.63) is 36.5 Å². The van der Waals surface area contributed by atoms with Crippen LogP contribution in [0, 0.1) is 0 Å². The molecule has 4 N–H and O–H groups in total. The van der Waals surface area contributed by atoms with Gasteiger partial charge in [-0.2, -0.15) is 0 Å². The molecule has 3 unspecified atom stereocenters. The van der Waals surface area contributed by atoms with Gasteiger partial charge in [-0.1, -0.05) is 237 Å². The minimum absolute atomic E-state index is 0.157. The Morgan fingerprint density at radius 1 is 0.407 bits per heavy atom. The van der Waals surface area contributed by atoms with Gasteiger partial charge in [0, 0.05) is 6.42 Å². The maximum absolute atomic E-state index is 12.4. The van der Waals surface area contributed by atoms with Crippen molar-refractivity contribution >= 4 is 5.91 Å². The van der Waals surface area contributed by atoms with E-state index in [1.165, 1.54) is 199 Å². The number of carbonyl (C=O) groups is 1. The van der Waals surface area contributed by atoms with Crippen LogP contribution in [-0.2, 0) is 4.79 Å². The summed E-state index contributed by atoms with van der Waals surface area (Å²) in [5, 5.41) is 33.4. The monoisotopic (exact) mass is 830 g/mol. The van der Waals surface area contributed by atoms with Gasteiger partial charge in [0.05, 0.1) is 18.8 Å². The summed E-state index contributed by atoms with van der Waals surface area (Å²) in [4.78, 5) is 12.4. The van der Waals surface area contributed by atoms with E-state index in [2.05, 4.69) is 55.6 Å². The molecule has 0 rings (SSSR count). The van der Waals surface area contributed by atoms with Gasteiger partial charge in [0.2, 0.25) is 5.91 Å². The third-order valence-electron chi connectivity index (χ3n) is 12.2. The van der Waals surface area contributed by atoms with Crippen LogP contribution in [0.5, 0.6) is 0 Å². The van der Waals surface area contributed by atoms with E-state index in [1.54, 1.807) is 0 Å². The van der Waals surface area contributed by atoms with Crippen LogP contribution in [0.1, 0.15) is 277 Å². The van der Waals surface area contributed by atoms with E-state index in [1.807, 2.05) is 0 Å². The fraction of sp³-hybridized carbons (Fsp3) is 0.870. The Morgan fingerprint density at radius 2 is 0.729 bits per heavy atom. The molecule has 0 aliphatic rings. The second-order valence-electron chi connectivity index (χ2n) is 18.1. The minimum Gasteiger partial charge on any atom is -0.394 e. The molecular formula is C54H103NO4. The number of nitrogens with one attached hydrogen (secondary N) is 1. The van der Waals surface area contributed by atoms with E-state index in [-0.39, 0.29) is 12.5 Å². The predicted octanol–water partition coefficient (Wildman–Crippen LogP) is 15.9. The molecule has 3 atom stereocenters. The first-order valence-electron chi connectivity index (χ1n) is 26.3. The predicted molar refractivity (Wildman–Crippen MR) is 259 cm³/mol. The van der Waals surface area contributed by atoms with E-state index in [9.17, 15) is 20.1 Å². The minimum atomic E-state index is -1.16. The zero-order valence-corrected chi connectivity index (χ0v) is 39.6. The van der Waals surface area contributed by atoms with Crippen molar-refractivity contribution in [2.45, 2.75) is 295 Å². The number of rotatable bonds is 48. The molecule has 0 spiro atoms. The Hall–Kier alpha value is -1.43. The molecule has 0 aromatic rings. The van der Waals surface area contributed by atoms with Gasteiger partial charge in [-0.15, -0.1) is 0 Å². The number of hydrogen-bond acceptors (Lipinski definition) is 4. The van der Waals surface area contributed by atoms with Crippen molar-refractivity contribution in [1.29, 1.82) is 0 Å². The highest BCUT2D eigenvalue weighted by Gasteiger charge is 2.26. The first-order valence-corrected chi connectivity index (χ1v) is 26.3. The van der Waals surface area contributed by atoms with E-state index < -0.39 is 18.2 Å². The highest BCUT2D eigenvalue weighted by Crippen LogP contribution is 2.17. The molecule has 5 nitrogen and oxygen atoms in total. The van der Waals surface area contributed by atoms with Gasteiger partial charge in [0.1, 0.15) is 6.10 Å². The fourth-order valence-electron chi connectivity index (χ4n) is 8.12. The zero-order valence-electron chi connectivity index (χ0n) is 39.6. The number of hydrogen-bond donors (Lipinski definition) is 4. The average Bonchev–Trinajstić information content (AvgIpc) is 3.24. The Labute approximate surface area is 368 Å². The third-order valence-corrected chi connectivity index (χ3v) is 12.2. The smallest absolute Gasteiger partial charge is 0.220 e. The fourth-order valence-corrected chi connectivity index (χ4v) is 8.12. The molecule has 0 heterocycles. The second-order valence-corrected chi connectivity index (χ2v) is 18.1. The van der Waals surface area contributed by atoms with Crippen LogP contribution in [0.15, 0.2) is 36.5 Å². The lowest BCUT2D eigenvalue weighted by atomic mass is 10.0. The van der Waals surface area contributed by atoms with Crippen molar-refractivity contribution in [1.82, 2.24) is 5.32 Å². The van der Waals surface area contributed by atoms with Gasteiger partial charge in [0.15, 0.2) is 0 Å². The Bertz CT molecular complexity index is 916. The normalized spacial score (nSPS) is 13.6. The summed E-state index contributed by atoms with van der Waals surface area (Å²) in [6.45, 7) is 4.10. The summed E-state index contributed by atoms with van der Waals surface area (Å²) >= 11 is 0.